The number of amides is 4. The highest BCUT2D eigenvalue weighted by Gasteiger charge is 2.31. The van der Waals surface area contributed by atoms with Gasteiger partial charge < -0.3 is 49.0 Å². The highest BCUT2D eigenvalue weighted by molar-refractivity contribution is 7.80. The number of nitrogens with one attached hydrogen (secondary N) is 4. The number of nitrogens with zero attached hydrogens (tertiary/aromatic N) is 1. The van der Waals surface area contributed by atoms with Gasteiger partial charge in [-0.25, -0.2) is 4.79 Å². The van der Waals surface area contributed by atoms with E-state index in [4.69, 9.17) is 22.9 Å². The Balaban J connectivity index is 2.06. The average molecular weight is 578 g/mol. The molecule has 0 radical (unpaired) electrons. The molecular formula is C24H35N9O6S. The first kappa shape index (κ1) is 31.9. The molecule has 40 heavy (non-hydrogen) atoms. The van der Waals surface area contributed by atoms with Gasteiger partial charge in [0.1, 0.15) is 18.1 Å². The third kappa shape index (κ3) is 9.77. The van der Waals surface area contributed by atoms with E-state index >= 15 is 0 Å². The molecule has 0 aliphatic carbocycles. The number of H-pyrrole nitrogens is 1. The smallest absolute Gasteiger partial charge is 0.326 e. The number of rotatable bonds is 16. The molecule has 16 heteroatoms. The number of fused-ring (bicyclic) bond motifs is 1. The molecule has 0 spiro atoms. The van der Waals surface area contributed by atoms with Crippen LogP contribution in [-0.4, -0.2) is 82.1 Å². The minimum absolute atomic E-state index is 0.0707. The van der Waals surface area contributed by atoms with Gasteiger partial charge in [0, 0.05) is 35.8 Å². The van der Waals surface area contributed by atoms with Gasteiger partial charge in [-0.1, -0.05) is 18.2 Å². The second-order valence-electron chi connectivity index (χ2n) is 8.99. The predicted molar refractivity (Wildman–Crippen MR) is 151 cm³/mol. The summed E-state index contributed by atoms with van der Waals surface area (Å²) >= 11 is 4.08. The Morgan fingerprint density at radius 3 is 2.20 bits per heavy atom. The van der Waals surface area contributed by atoms with Gasteiger partial charge >= 0.3 is 5.97 Å². The van der Waals surface area contributed by atoms with E-state index in [0.717, 1.165) is 10.9 Å². The zero-order chi connectivity index (χ0) is 29.8. The lowest BCUT2D eigenvalue weighted by Crippen LogP contribution is -2.58. The van der Waals surface area contributed by atoms with Crippen LogP contribution in [-0.2, 0) is 30.4 Å². The first-order valence-electron chi connectivity index (χ1n) is 12.3. The van der Waals surface area contributed by atoms with Crippen LogP contribution in [0.5, 0.6) is 0 Å². The van der Waals surface area contributed by atoms with E-state index in [1.54, 1.807) is 18.3 Å². The number of aromatic nitrogens is 1. The number of aliphatic carboxylic acids is 1. The molecule has 0 aliphatic rings. The number of nitrogens with two attached hydrogens (primary N) is 4. The Bertz CT molecular complexity index is 1250. The van der Waals surface area contributed by atoms with Crippen LogP contribution in [0.25, 0.3) is 10.9 Å². The van der Waals surface area contributed by atoms with E-state index < -0.39 is 60.2 Å². The van der Waals surface area contributed by atoms with E-state index in [9.17, 15) is 29.1 Å². The standard InChI is InChI=1S/C24H35N9O6S/c25-14(5-3-7-29-24(27)28)20(35)33-18(11-40)22(37)31-16(9-19(26)34)21(36)32-17(23(38)39)8-12-10-30-15-6-2-1-4-13(12)15/h1-2,4,6,10,14,16-18,30,40H,3,5,7-9,11,25H2,(H2,26,34)(H,31,37)(H,32,36)(H,33,35)(H,38,39)(H4,27,28,29). The van der Waals surface area contributed by atoms with Crippen LogP contribution in [0.3, 0.4) is 0 Å². The Labute approximate surface area is 235 Å². The number of carboxylic acids is 1. The van der Waals surface area contributed by atoms with Crippen molar-refractivity contribution in [1.29, 1.82) is 0 Å². The van der Waals surface area contributed by atoms with Crippen LogP contribution in [0.4, 0.5) is 0 Å². The molecule has 4 amide bonds. The number of aliphatic imine (C=N–C) groups is 1. The summed E-state index contributed by atoms with van der Waals surface area (Å²) in [6.07, 6.45) is 1.59. The molecule has 1 heterocycles. The van der Waals surface area contributed by atoms with Crippen molar-refractivity contribution in [3.05, 3.63) is 36.0 Å². The fraction of sp³-hybridized carbons (Fsp3) is 0.417. The summed E-state index contributed by atoms with van der Waals surface area (Å²) in [5, 5.41) is 17.6. The third-order valence-corrected chi connectivity index (χ3v) is 6.24. The summed E-state index contributed by atoms with van der Waals surface area (Å²) in [6, 6.07) is 2.15. The van der Waals surface area contributed by atoms with Crippen LogP contribution < -0.4 is 38.9 Å². The van der Waals surface area contributed by atoms with Crippen molar-refractivity contribution in [3.63, 3.8) is 0 Å². The quantitative estimate of drug-likeness (QED) is 0.0434. The molecule has 4 unspecified atom stereocenters. The van der Waals surface area contributed by atoms with Crippen LogP contribution in [0.1, 0.15) is 24.8 Å². The van der Waals surface area contributed by atoms with Gasteiger partial charge in [-0.05, 0) is 24.5 Å². The molecular weight excluding hydrogens is 542 g/mol. The summed E-state index contributed by atoms with van der Waals surface area (Å²) in [5.74, 6) is -4.94. The molecule has 218 valence electrons. The number of carbonyl (C=O) groups is 5. The number of thiol groups is 1. The minimum atomic E-state index is -1.51. The maximum Gasteiger partial charge on any atom is 0.326 e. The van der Waals surface area contributed by atoms with Crippen molar-refractivity contribution in [3.8, 4) is 0 Å². The maximum atomic E-state index is 13.0. The largest absolute Gasteiger partial charge is 0.480 e. The monoisotopic (exact) mass is 577 g/mol. The molecule has 0 saturated carbocycles. The SMILES string of the molecule is NC(=O)CC(NC(=O)C(CS)NC(=O)C(N)CCCN=C(N)N)C(=O)NC(Cc1c[nH]c2ccccc12)C(=O)O. The van der Waals surface area contributed by atoms with Crippen molar-refractivity contribution >= 4 is 59.1 Å². The van der Waals surface area contributed by atoms with E-state index in [-0.39, 0.29) is 31.1 Å². The Kier molecular flexibility index (Phi) is 12.2. The number of guanidine groups is 1. The molecule has 0 bridgehead atoms. The van der Waals surface area contributed by atoms with E-state index in [1.165, 1.54) is 0 Å². The van der Waals surface area contributed by atoms with Gasteiger partial charge in [-0.3, -0.25) is 24.2 Å². The van der Waals surface area contributed by atoms with Crippen molar-refractivity contribution < 1.29 is 29.1 Å². The average Bonchev–Trinajstić information content (AvgIpc) is 3.30. The lowest BCUT2D eigenvalue weighted by Gasteiger charge is -2.24. The number of hydrogen-bond donors (Lipinski definition) is 10. The van der Waals surface area contributed by atoms with Crippen molar-refractivity contribution in [2.45, 2.75) is 49.9 Å². The van der Waals surface area contributed by atoms with Crippen LogP contribution in [0, 0.1) is 0 Å². The first-order chi connectivity index (χ1) is 18.9. The number of hydrogen-bond acceptors (Lipinski definition) is 8. The van der Waals surface area contributed by atoms with Crippen LogP contribution in [0.2, 0.25) is 0 Å². The highest BCUT2D eigenvalue weighted by Crippen LogP contribution is 2.19. The molecule has 1 aromatic carbocycles. The lowest BCUT2D eigenvalue weighted by atomic mass is 10.0. The summed E-state index contributed by atoms with van der Waals surface area (Å²) in [7, 11) is 0. The van der Waals surface area contributed by atoms with Gasteiger partial charge in [-0.2, -0.15) is 12.6 Å². The number of para-hydroxylation sites is 1. The number of aromatic amines is 1. The minimum Gasteiger partial charge on any atom is -0.480 e. The van der Waals surface area contributed by atoms with Gasteiger partial charge in [0.05, 0.1) is 12.5 Å². The van der Waals surface area contributed by atoms with Gasteiger partial charge in [0.15, 0.2) is 5.96 Å². The molecule has 0 aliphatic heterocycles. The van der Waals surface area contributed by atoms with Crippen molar-refractivity contribution in [2.75, 3.05) is 12.3 Å². The molecule has 15 nitrogen and oxygen atoms in total. The number of primary amides is 1. The number of benzene rings is 1. The zero-order valence-electron chi connectivity index (χ0n) is 21.6. The third-order valence-electron chi connectivity index (χ3n) is 5.87. The Morgan fingerprint density at radius 1 is 0.950 bits per heavy atom. The highest BCUT2D eigenvalue weighted by atomic mass is 32.1. The topological polar surface area (TPSA) is 274 Å². The lowest BCUT2D eigenvalue weighted by molar-refractivity contribution is -0.142. The molecule has 13 N–H and O–H groups in total. The van der Waals surface area contributed by atoms with E-state index in [1.807, 2.05) is 12.1 Å². The predicted octanol–water partition coefficient (Wildman–Crippen LogP) is -2.56. The number of carbonyl (C=O) groups excluding carboxylic acids is 4. The molecule has 0 fully saturated rings. The van der Waals surface area contributed by atoms with E-state index in [2.05, 4.69) is 38.6 Å². The van der Waals surface area contributed by atoms with Gasteiger partial charge in [0.25, 0.3) is 0 Å². The maximum absolute atomic E-state index is 13.0. The molecule has 4 atom stereocenters. The summed E-state index contributed by atoms with van der Waals surface area (Å²) < 4.78 is 0. The Hall–Kier alpha value is -4.31. The fourth-order valence-corrected chi connectivity index (χ4v) is 4.06. The van der Waals surface area contributed by atoms with Gasteiger partial charge in [-0.15, -0.1) is 0 Å². The first-order valence-corrected chi connectivity index (χ1v) is 12.9. The molecule has 0 saturated heterocycles. The molecule has 2 aromatic rings. The zero-order valence-corrected chi connectivity index (χ0v) is 22.5. The fourth-order valence-electron chi connectivity index (χ4n) is 3.80. The summed E-state index contributed by atoms with van der Waals surface area (Å²) in [4.78, 5) is 68.7. The van der Waals surface area contributed by atoms with Crippen LogP contribution >= 0.6 is 12.6 Å². The summed E-state index contributed by atoms with van der Waals surface area (Å²) in [6.45, 7) is 0.265. The number of carboxylic acid groups (broad SMARTS) is 1. The van der Waals surface area contributed by atoms with Gasteiger partial charge in [0.2, 0.25) is 23.6 Å². The Morgan fingerprint density at radius 2 is 1.57 bits per heavy atom. The summed E-state index contributed by atoms with van der Waals surface area (Å²) in [5.41, 5.74) is 23.0. The molecule has 1 aromatic heterocycles. The van der Waals surface area contributed by atoms with Crippen molar-refractivity contribution in [2.24, 2.45) is 27.9 Å². The van der Waals surface area contributed by atoms with Crippen molar-refractivity contribution in [1.82, 2.24) is 20.9 Å². The molecule has 2 rings (SSSR count). The normalized spacial score (nSPS) is 13.8. The second kappa shape index (κ2) is 15.3. The van der Waals surface area contributed by atoms with E-state index in [0.29, 0.717) is 12.0 Å². The second-order valence-corrected chi connectivity index (χ2v) is 9.36. The van der Waals surface area contributed by atoms with Crippen LogP contribution in [0.15, 0.2) is 35.5 Å².